The minimum Gasteiger partial charge on any atom is -0.493 e. The number of amides is 2. The van der Waals surface area contributed by atoms with Gasteiger partial charge in [-0.2, -0.15) is 0 Å². The number of para-hydroxylation sites is 2. The second-order valence-electron chi connectivity index (χ2n) is 7.33. The number of fused-ring (bicyclic) bond motifs is 1. The second-order valence-corrected chi connectivity index (χ2v) is 7.33. The van der Waals surface area contributed by atoms with E-state index < -0.39 is 11.8 Å². The predicted molar refractivity (Wildman–Crippen MR) is 120 cm³/mol. The molecule has 8 nitrogen and oxygen atoms in total. The molecule has 5 rings (SSSR count). The summed E-state index contributed by atoms with van der Waals surface area (Å²) >= 11 is 0. The molecule has 8 heteroatoms. The molecule has 2 heterocycles. The lowest BCUT2D eigenvalue weighted by molar-refractivity contribution is -0.117. The number of hydrazine groups is 1. The summed E-state index contributed by atoms with van der Waals surface area (Å²) < 4.78 is 22.3. The Bertz CT molecular complexity index is 1260. The largest absolute Gasteiger partial charge is 0.493 e. The van der Waals surface area contributed by atoms with Crippen molar-refractivity contribution in [1.29, 1.82) is 0 Å². The standard InChI is InChI=1S/C25H20N2O6/c1-30-21-9-5-6-17(23(21)31-14-16-10-11-20-22(12-16)33-15-32-20)13-19-24(28)26-27(25(19)29)18-7-3-2-4-8-18/h2-13H,14-15H2,1H3,(H,26,28)/b19-13-. The Hall–Kier alpha value is -4.46. The zero-order valence-electron chi connectivity index (χ0n) is 17.7. The summed E-state index contributed by atoms with van der Waals surface area (Å²) in [6.45, 7) is 0.420. The first-order valence-electron chi connectivity index (χ1n) is 10.2. The highest BCUT2D eigenvalue weighted by Gasteiger charge is 2.34. The Balaban J connectivity index is 1.43. The van der Waals surface area contributed by atoms with Gasteiger partial charge >= 0.3 is 0 Å². The smallest absolute Gasteiger partial charge is 0.282 e. The van der Waals surface area contributed by atoms with Crippen molar-refractivity contribution in [3.05, 3.63) is 83.4 Å². The van der Waals surface area contributed by atoms with Gasteiger partial charge < -0.3 is 18.9 Å². The third kappa shape index (κ3) is 3.94. The van der Waals surface area contributed by atoms with Gasteiger partial charge in [0, 0.05) is 5.56 Å². The maximum atomic E-state index is 13.0. The van der Waals surface area contributed by atoms with Crippen LogP contribution in [-0.4, -0.2) is 25.7 Å². The molecule has 0 radical (unpaired) electrons. The lowest BCUT2D eigenvalue weighted by Crippen LogP contribution is -2.35. The summed E-state index contributed by atoms with van der Waals surface area (Å²) in [5.41, 5.74) is 4.59. The van der Waals surface area contributed by atoms with Gasteiger partial charge in [0.1, 0.15) is 12.2 Å². The zero-order chi connectivity index (χ0) is 22.8. The fourth-order valence-corrected chi connectivity index (χ4v) is 3.62. The molecule has 1 N–H and O–H groups in total. The second kappa shape index (κ2) is 8.58. The molecule has 2 amide bonds. The summed E-state index contributed by atoms with van der Waals surface area (Å²) in [6, 6.07) is 19.7. The number of hydrogen-bond donors (Lipinski definition) is 1. The number of nitrogens with one attached hydrogen (secondary N) is 1. The number of anilines is 1. The number of rotatable bonds is 6. The quantitative estimate of drug-likeness (QED) is 0.463. The number of ether oxygens (including phenoxy) is 4. The SMILES string of the molecule is COc1cccc(/C=C2/C(=O)NN(c3ccccc3)C2=O)c1OCc1ccc2c(c1)OCO2. The molecule has 0 atom stereocenters. The van der Waals surface area contributed by atoms with Crippen LogP contribution in [0.2, 0.25) is 0 Å². The third-order valence-electron chi connectivity index (χ3n) is 5.26. The number of nitrogens with zero attached hydrogens (tertiary/aromatic N) is 1. The van der Waals surface area contributed by atoms with Crippen LogP contribution in [0.5, 0.6) is 23.0 Å². The van der Waals surface area contributed by atoms with E-state index in [1.807, 2.05) is 24.3 Å². The molecule has 0 unspecified atom stereocenters. The van der Waals surface area contributed by atoms with E-state index in [0.717, 1.165) is 5.56 Å². The lowest BCUT2D eigenvalue weighted by Gasteiger charge is -2.14. The molecule has 33 heavy (non-hydrogen) atoms. The Morgan fingerprint density at radius 1 is 1.00 bits per heavy atom. The average molecular weight is 444 g/mol. The maximum absolute atomic E-state index is 13.0. The Labute approximate surface area is 189 Å². The van der Waals surface area contributed by atoms with Crippen molar-refractivity contribution in [2.75, 3.05) is 18.9 Å². The van der Waals surface area contributed by atoms with Crippen LogP contribution in [-0.2, 0) is 16.2 Å². The monoisotopic (exact) mass is 444 g/mol. The van der Waals surface area contributed by atoms with E-state index in [1.54, 1.807) is 42.5 Å². The molecule has 0 aliphatic carbocycles. The van der Waals surface area contributed by atoms with E-state index in [9.17, 15) is 9.59 Å². The fourth-order valence-electron chi connectivity index (χ4n) is 3.62. The number of carbonyl (C=O) groups excluding carboxylic acids is 2. The molecule has 3 aromatic carbocycles. The topological polar surface area (TPSA) is 86.3 Å². The van der Waals surface area contributed by atoms with Gasteiger partial charge in [-0.3, -0.25) is 15.0 Å². The van der Waals surface area contributed by atoms with Crippen molar-refractivity contribution in [2.45, 2.75) is 6.61 Å². The number of hydrogen-bond acceptors (Lipinski definition) is 6. The van der Waals surface area contributed by atoms with Gasteiger partial charge in [-0.15, -0.1) is 0 Å². The van der Waals surface area contributed by atoms with Gasteiger partial charge in [0.2, 0.25) is 6.79 Å². The van der Waals surface area contributed by atoms with Gasteiger partial charge in [0.25, 0.3) is 11.8 Å². The Morgan fingerprint density at radius 3 is 2.64 bits per heavy atom. The summed E-state index contributed by atoms with van der Waals surface area (Å²) in [7, 11) is 1.53. The molecule has 0 aromatic heterocycles. The molecule has 0 bridgehead atoms. The molecular formula is C25H20N2O6. The number of carbonyl (C=O) groups is 2. The van der Waals surface area contributed by atoms with Gasteiger partial charge in [-0.1, -0.05) is 36.4 Å². The van der Waals surface area contributed by atoms with Gasteiger partial charge in [-0.25, -0.2) is 5.01 Å². The van der Waals surface area contributed by atoms with Crippen molar-refractivity contribution in [3.8, 4) is 23.0 Å². The molecule has 3 aromatic rings. The third-order valence-corrected chi connectivity index (χ3v) is 5.26. The van der Waals surface area contributed by atoms with Gasteiger partial charge in [0.05, 0.1) is 12.8 Å². The summed E-state index contributed by atoms with van der Waals surface area (Å²) in [5, 5.41) is 1.22. The predicted octanol–water partition coefficient (Wildman–Crippen LogP) is 3.46. The maximum Gasteiger partial charge on any atom is 0.282 e. The van der Waals surface area contributed by atoms with E-state index >= 15 is 0 Å². The van der Waals surface area contributed by atoms with Crippen molar-refractivity contribution in [2.24, 2.45) is 0 Å². The van der Waals surface area contributed by atoms with Crippen molar-refractivity contribution in [1.82, 2.24) is 5.43 Å². The van der Waals surface area contributed by atoms with Crippen molar-refractivity contribution in [3.63, 3.8) is 0 Å². The van der Waals surface area contributed by atoms with Crippen LogP contribution in [0.15, 0.2) is 72.3 Å². The van der Waals surface area contributed by atoms with Crippen LogP contribution in [0.4, 0.5) is 5.69 Å². The first kappa shape index (κ1) is 20.4. The Morgan fingerprint density at radius 2 is 1.82 bits per heavy atom. The highest BCUT2D eigenvalue weighted by molar-refractivity contribution is 6.31. The minimum atomic E-state index is -0.492. The van der Waals surface area contributed by atoms with Gasteiger partial charge in [0.15, 0.2) is 23.0 Å². The van der Waals surface area contributed by atoms with Gasteiger partial charge in [-0.05, 0) is 42.0 Å². The average Bonchev–Trinajstić information content (AvgIpc) is 3.43. The van der Waals surface area contributed by atoms with Crippen LogP contribution >= 0.6 is 0 Å². The molecular weight excluding hydrogens is 424 g/mol. The molecule has 166 valence electrons. The minimum absolute atomic E-state index is 0.0000330. The van der Waals surface area contributed by atoms with Crippen LogP contribution in [0.25, 0.3) is 6.08 Å². The Kier molecular flexibility index (Phi) is 5.32. The van der Waals surface area contributed by atoms with Crippen molar-refractivity contribution < 1.29 is 28.5 Å². The summed E-state index contributed by atoms with van der Waals surface area (Å²) in [6.07, 6.45) is 1.51. The summed E-state index contributed by atoms with van der Waals surface area (Å²) in [4.78, 5) is 25.5. The van der Waals surface area contributed by atoms with E-state index in [-0.39, 0.29) is 19.0 Å². The number of methoxy groups -OCH3 is 1. The van der Waals surface area contributed by atoms with E-state index in [1.165, 1.54) is 18.2 Å². The van der Waals surface area contributed by atoms with Crippen molar-refractivity contribution >= 4 is 23.6 Å². The van der Waals surface area contributed by atoms with Crippen LogP contribution < -0.4 is 29.4 Å². The zero-order valence-corrected chi connectivity index (χ0v) is 17.7. The first-order chi connectivity index (χ1) is 16.1. The normalized spacial score (nSPS) is 15.7. The van der Waals surface area contributed by atoms with E-state index in [4.69, 9.17) is 18.9 Å². The molecule has 1 saturated heterocycles. The van der Waals surface area contributed by atoms with E-state index in [2.05, 4.69) is 5.43 Å². The van der Waals surface area contributed by atoms with Crippen LogP contribution in [0.1, 0.15) is 11.1 Å². The molecule has 2 aliphatic heterocycles. The fraction of sp³-hybridized carbons (Fsp3) is 0.120. The molecule has 2 aliphatic rings. The van der Waals surface area contributed by atoms with Crippen LogP contribution in [0.3, 0.4) is 0 Å². The van der Waals surface area contributed by atoms with Crippen LogP contribution in [0, 0.1) is 0 Å². The molecule has 0 saturated carbocycles. The highest BCUT2D eigenvalue weighted by atomic mass is 16.7. The highest BCUT2D eigenvalue weighted by Crippen LogP contribution is 2.36. The lowest BCUT2D eigenvalue weighted by atomic mass is 10.1. The molecule has 0 spiro atoms. The number of benzene rings is 3. The summed E-state index contributed by atoms with van der Waals surface area (Å²) in [5.74, 6) is 1.31. The first-order valence-corrected chi connectivity index (χ1v) is 10.2. The molecule has 1 fully saturated rings. The van der Waals surface area contributed by atoms with E-state index in [0.29, 0.717) is 34.2 Å².